The number of hydrogen-bond acceptors (Lipinski definition) is 5. The molecule has 0 aliphatic carbocycles. The first-order chi connectivity index (χ1) is 20.3. The third-order valence-corrected chi connectivity index (χ3v) is 6.95. The van der Waals surface area contributed by atoms with E-state index < -0.39 is 34.7 Å². The Balaban J connectivity index is 1.57. The highest BCUT2D eigenvalue weighted by Crippen LogP contribution is 2.40. The van der Waals surface area contributed by atoms with Crippen LogP contribution in [-0.2, 0) is 19.2 Å². The molecule has 1 amide bonds. The molecule has 0 bridgehead atoms. The van der Waals surface area contributed by atoms with Crippen molar-refractivity contribution in [3.63, 3.8) is 0 Å². The van der Waals surface area contributed by atoms with E-state index in [1.165, 1.54) is 35.9 Å². The number of amides is 1. The molecule has 0 atom stereocenters. The van der Waals surface area contributed by atoms with Crippen LogP contribution in [0, 0.1) is 11.6 Å². The molecule has 0 fully saturated rings. The number of halogens is 2. The maximum atomic E-state index is 14.5. The number of carboxylic acid groups (broad SMARTS) is 1. The Morgan fingerprint density at radius 2 is 1.67 bits per heavy atom. The van der Waals surface area contributed by atoms with E-state index in [0.717, 1.165) is 12.1 Å². The van der Waals surface area contributed by atoms with E-state index >= 15 is 0 Å². The molecule has 9 nitrogen and oxygen atoms in total. The summed E-state index contributed by atoms with van der Waals surface area (Å²) >= 11 is 0. The quantitative estimate of drug-likeness (QED) is 0.191. The van der Waals surface area contributed by atoms with Crippen LogP contribution in [0.4, 0.5) is 8.78 Å². The maximum Gasteiger partial charge on any atom is 0.335 e. The number of nitrogens with zero attached hydrogens (tertiary/aromatic N) is 1. The molecule has 0 saturated heterocycles. The summed E-state index contributed by atoms with van der Waals surface area (Å²) in [6.45, 7) is 3.29. The van der Waals surface area contributed by atoms with Crippen LogP contribution < -0.4 is 15.6 Å². The lowest BCUT2D eigenvalue weighted by atomic mass is 9.93. The summed E-state index contributed by atoms with van der Waals surface area (Å²) in [7, 11) is 1.53. The van der Waals surface area contributed by atoms with Crippen molar-refractivity contribution >= 4 is 22.8 Å². The number of aryl methyl sites for hydroxylation is 1. The van der Waals surface area contributed by atoms with Crippen LogP contribution in [-0.4, -0.2) is 31.6 Å². The summed E-state index contributed by atoms with van der Waals surface area (Å²) in [6.07, 6.45) is 1.54. The predicted molar refractivity (Wildman–Crippen MR) is 155 cm³/mol. The minimum absolute atomic E-state index is 0.0902. The van der Waals surface area contributed by atoms with Gasteiger partial charge in [0.05, 0.1) is 11.2 Å². The van der Waals surface area contributed by atoms with Gasteiger partial charge in [-0.1, -0.05) is 18.2 Å². The van der Waals surface area contributed by atoms with Crippen LogP contribution in [0.5, 0.6) is 11.5 Å². The molecule has 0 aliphatic rings. The smallest absolute Gasteiger partial charge is 0.335 e. The fourth-order valence-electron chi connectivity index (χ4n) is 4.60. The number of fused-ring (bicyclic) bond motifs is 1. The third kappa shape index (κ3) is 6.02. The Labute approximate surface area is 244 Å². The molecule has 220 valence electrons. The number of carboxylic acids is 1. The number of aromatic nitrogens is 2. The van der Waals surface area contributed by atoms with Gasteiger partial charge in [0, 0.05) is 42.4 Å². The summed E-state index contributed by atoms with van der Waals surface area (Å²) in [6, 6.07) is 15.3. The van der Waals surface area contributed by atoms with Crippen molar-refractivity contribution in [1.29, 1.82) is 0 Å². The van der Waals surface area contributed by atoms with Gasteiger partial charge in [-0.15, -0.1) is 0 Å². The number of aromatic carboxylic acids is 1. The van der Waals surface area contributed by atoms with Crippen molar-refractivity contribution in [2.45, 2.75) is 26.0 Å². The first-order valence-electron chi connectivity index (χ1n) is 13.1. The van der Waals surface area contributed by atoms with E-state index in [1.807, 2.05) is 0 Å². The summed E-state index contributed by atoms with van der Waals surface area (Å²) < 4.78 is 35.2. The van der Waals surface area contributed by atoms with Crippen LogP contribution in [0.25, 0.3) is 22.0 Å². The second-order valence-electron chi connectivity index (χ2n) is 10.6. The minimum Gasteiger partial charge on any atom is -0.478 e. The fourth-order valence-corrected chi connectivity index (χ4v) is 4.60. The molecule has 11 heteroatoms. The fraction of sp³-hybridized carbons (Fsp3) is 0.156. The van der Waals surface area contributed by atoms with Crippen LogP contribution in [0.1, 0.15) is 45.8 Å². The second-order valence-corrected chi connectivity index (χ2v) is 10.6. The highest BCUT2D eigenvalue weighted by molar-refractivity contribution is 6.03. The maximum absolute atomic E-state index is 14.5. The lowest BCUT2D eigenvalue weighted by molar-refractivity contribution is 0.0695. The number of carbonyl (C=O) groups is 2. The first-order valence-corrected chi connectivity index (χ1v) is 13.1. The van der Waals surface area contributed by atoms with Crippen LogP contribution >= 0.6 is 0 Å². The third-order valence-electron chi connectivity index (χ3n) is 6.95. The molecule has 2 heterocycles. The Morgan fingerprint density at radius 1 is 0.977 bits per heavy atom. The molecule has 0 radical (unpaired) electrons. The molecule has 4 N–H and O–H groups in total. The standard InChI is InChI=1S/C32H27F2N3O6/c1-32(2,42)19-8-10-26(43-27-11-9-20(33)13-24(27)34)21(12-19)23-16-37(3)30(39)28-22(23)14-25(36-28)29(38)35-15-17-4-6-18(7-5-17)31(40)41/h4-14,16,36,42H,15H2,1-3H3,(H,35,38)(H,40,41). The number of nitrogens with one attached hydrogen (secondary N) is 2. The van der Waals surface area contributed by atoms with Gasteiger partial charge in [0.15, 0.2) is 11.6 Å². The van der Waals surface area contributed by atoms with E-state index in [9.17, 15) is 28.3 Å². The van der Waals surface area contributed by atoms with Crippen molar-refractivity contribution in [3.8, 4) is 22.6 Å². The van der Waals surface area contributed by atoms with Crippen LogP contribution in [0.3, 0.4) is 0 Å². The van der Waals surface area contributed by atoms with Gasteiger partial charge < -0.3 is 29.8 Å². The summed E-state index contributed by atoms with van der Waals surface area (Å²) in [5.41, 5.74) is 0.661. The highest BCUT2D eigenvalue weighted by atomic mass is 19.1. The zero-order valence-electron chi connectivity index (χ0n) is 23.4. The zero-order chi connectivity index (χ0) is 31.1. The largest absolute Gasteiger partial charge is 0.478 e. The van der Waals surface area contributed by atoms with Gasteiger partial charge in [-0.3, -0.25) is 9.59 Å². The monoisotopic (exact) mass is 587 g/mol. The van der Waals surface area contributed by atoms with E-state index in [1.54, 1.807) is 44.3 Å². The number of aliphatic hydroxyl groups is 1. The van der Waals surface area contributed by atoms with Crippen molar-refractivity contribution in [2.75, 3.05) is 0 Å². The Hall–Kier alpha value is -5.29. The zero-order valence-corrected chi connectivity index (χ0v) is 23.4. The van der Waals surface area contributed by atoms with Crippen molar-refractivity contribution in [1.82, 2.24) is 14.9 Å². The topological polar surface area (TPSA) is 134 Å². The SMILES string of the molecule is Cn1cc(-c2cc(C(C)(C)O)ccc2Oc2ccc(F)cc2F)c2cc(C(=O)NCc3ccc(C(=O)O)cc3)[nH]c2c1=O. The number of rotatable bonds is 8. The van der Waals surface area contributed by atoms with Crippen LogP contribution in [0.15, 0.2) is 77.7 Å². The summed E-state index contributed by atoms with van der Waals surface area (Å²) in [5, 5.41) is 22.9. The average Bonchev–Trinajstić information content (AvgIpc) is 3.41. The molecule has 3 aromatic carbocycles. The van der Waals surface area contributed by atoms with Gasteiger partial charge in [-0.2, -0.15) is 0 Å². The first kappa shape index (κ1) is 29.2. The Morgan fingerprint density at radius 3 is 2.33 bits per heavy atom. The molecular formula is C32H27F2N3O6. The molecule has 43 heavy (non-hydrogen) atoms. The predicted octanol–water partition coefficient (Wildman–Crippen LogP) is 5.46. The van der Waals surface area contributed by atoms with Gasteiger partial charge in [0.1, 0.15) is 22.8 Å². The number of hydrogen-bond donors (Lipinski definition) is 4. The number of carbonyl (C=O) groups excluding carboxylic acids is 1. The number of pyridine rings is 1. The molecule has 0 saturated carbocycles. The van der Waals surface area contributed by atoms with Gasteiger partial charge in [-0.05, 0) is 67.4 Å². The van der Waals surface area contributed by atoms with E-state index in [0.29, 0.717) is 33.7 Å². The van der Waals surface area contributed by atoms with Gasteiger partial charge in [0.2, 0.25) is 0 Å². The second kappa shape index (κ2) is 11.2. The van der Waals surface area contributed by atoms with E-state index in [-0.39, 0.29) is 34.8 Å². The van der Waals surface area contributed by atoms with Gasteiger partial charge in [-0.25, -0.2) is 13.6 Å². The van der Waals surface area contributed by atoms with Crippen molar-refractivity contribution in [3.05, 3.63) is 117 Å². The summed E-state index contributed by atoms with van der Waals surface area (Å²) in [4.78, 5) is 40.2. The number of benzene rings is 3. The molecule has 0 unspecified atom stereocenters. The number of aromatic amines is 1. The van der Waals surface area contributed by atoms with E-state index in [2.05, 4.69) is 10.3 Å². The van der Waals surface area contributed by atoms with Crippen molar-refractivity contribution < 1.29 is 33.3 Å². The van der Waals surface area contributed by atoms with Gasteiger partial charge >= 0.3 is 5.97 Å². The van der Waals surface area contributed by atoms with E-state index in [4.69, 9.17) is 9.84 Å². The molecule has 0 aliphatic heterocycles. The molecule has 2 aromatic heterocycles. The number of H-pyrrole nitrogens is 1. The minimum atomic E-state index is -1.26. The Kier molecular flexibility index (Phi) is 7.59. The average molecular weight is 588 g/mol. The highest BCUT2D eigenvalue weighted by Gasteiger charge is 2.23. The lowest BCUT2D eigenvalue weighted by Crippen LogP contribution is -2.23. The summed E-state index contributed by atoms with van der Waals surface area (Å²) in [5.74, 6) is -3.32. The molecule has 5 rings (SSSR count). The molecule has 0 spiro atoms. The lowest BCUT2D eigenvalue weighted by Gasteiger charge is -2.21. The molecule has 5 aromatic rings. The van der Waals surface area contributed by atoms with Crippen LogP contribution in [0.2, 0.25) is 0 Å². The van der Waals surface area contributed by atoms with Crippen molar-refractivity contribution in [2.24, 2.45) is 7.05 Å². The normalized spacial score (nSPS) is 11.5. The Bertz CT molecular complexity index is 1940. The van der Waals surface area contributed by atoms with Gasteiger partial charge in [0.25, 0.3) is 11.5 Å². The molecular weight excluding hydrogens is 560 g/mol. The number of ether oxygens (including phenoxy) is 1.